The van der Waals surface area contributed by atoms with Gasteiger partial charge in [0.1, 0.15) is 5.82 Å². The average Bonchev–Trinajstić information content (AvgIpc) is 2.81. The zero-order chi connectivity index (χ0) is 13.3. The fraction of sp³-hybridized carbons (Fsp3) is 0.385. The van der Waals surface area contributed by atoms with Crippen molar-refractivity contribution in [2.75, 3.05) is 0 Å². The van der Waals surface area contributed by atoms with Crippen molar-refractivity contribution in [3.05, 3.63) is 34.1 Å². The van der Waals surface area contributed by atoms with Gasteiger partial charge in [-0.2, -0.15) is 0 Å². The molecule has 2 atom stereocenters. The van der Waals surface area contributed by atoms with Gasteiger partial charge in [-0.1, -0.05) is 6.42 Å². The van der Waals surface area contributed by atoms with E-state index >= 15 is 0 Å². The van der Waals surface area contributed by atoms with Gasteiger partial charge in [-0.3, -0.25) is 9.59 Å². The summed E-state index contributed by atoms with van der Waals surface area (Å²) in [4.78, 5) is 23.3. The van der Waals surface area contributed by atoms with E-state index in [0.717, 1.165) is 6.42 Å². The van der Waals surface area contributed by atoms with E-state index in [9.17, 15) is 14.0 Å². The number of halogens is 2. The number of benzene rings is 1. The minimum atomic E-state index is -0.924. The summed E-state index contributed by atoms with van der Waals surface area (Å²) in [5.74, 6) is -2.67. The van der Waals surface area contributed by atoms with Gasteiger partial charge in [-0.15, -0.1) is 0 Å². The van der Waals surface area contributed by atoms with E-state index in [1.165, 1.54) is 18.2 Å². The first-order chi connectivity index (χ1) is 8.50. The van der Waals surface area contributed by atoms with E-state index in [1.807, 2.05) is 0 Å². The van der Waals surface area contributed by atoms with Gasteiger partial charge in [0.2, 0.25) is 0 Å². The molecule has 2 rings (SSSR count). The van der Waals surface area contributed by atoms with Crippen LogP contribution in [-0.4, -0.2) is 16.9 Å². The van der Waals surface area contributed by atoms with Crippen LogP contribution in [0, 0.1) is 17.7 Å². The first-order valence-corrected chi connectivity index (χ1v) is 6.52. The molecule has 96 valence electrons. The molecule has 1 aliphatic carbocycles. The topological polar surface area (TPSA) is 54.4 Å². The molecule has 18 heavy (non-hydrogen) atoms. The Morgan fingerprint density at radius 3 is 2.56 bits per heavy atom. The van der Waals surface area contributed by atoms with Gasteiger partial charge in [-0.25, -0.2) is 4.39 Å². The molecule has 0 aliphatic heterocycles. The van der Waals surface area contributed by atoms with E-state index in [1.54, 1.807) is 0 Å². The number of carboxylic acids is 1. The molecule has 0 bridgehead atoms. The molecule has 0 amide bonds. The molecule has 0 radical (unpaired) electrons. The van der Waals surface area contributed by atoms with Gasteiger partial charge >= 0.3 is 5.97 Å². The fourth-order valence-corrected chi connectivity index (χ4v) is 2.81. The zero-order valence-electron chi connectivity index (χ0n) is 9.53. The van der Waals surface area contributed by atoms with Crippen molar-refractivity contribution >= 4 is 27.7 Å². The number of carbonyl (C=O) groups is 2. The van der Waals surface area contributed by atoms with Crippen LogP contribution in [0.15, 0.2) is 22.7 Å². The minimum Gasteiger partial charge on any atom is -0.481 e. The number of rotatable bonds is 3. The summed E-state index contributed by atoms with van der Waals surface area (Å²) >= 11 is 3.02. The lowest BCUT2D eigenvalue weighted by molar-refractivity contribution is -0.142. The van der Waals surface area contributed by atoms with Crippen molar-refractivity contribution in [3.8, 4) is 0 Å². The van der Waals surface area contributed by atoms with Crippen LogP contribution in [-0.2, 0) is 4.79 Å². The van der Waals surface area contributed by atoms with E-state index < -0.39 is 23.6 Å². The molecule has 0 aromatic heterocycles. The summed E-state index contributed by atoms with van der Waals surface area (Å²) in [6.07, 6.45) is 1.87. The molecular weight excluding hydrogens is 303 g/mol. The molecule has 5 heteroatoms. The van der Waals surface area contributed by atoms with Crippen molar-refractivity contribution < 1.29 is 19.1 Å². The summed E-state index contributed by atoms with van der Waals surface area (Å²) < 4.78 is 13.3. The molecule has 1 N–H and O–H groups in total. The maximum Gasteiger partial charge on any atom is 0.307 e. The molecule has 0 spiro atoms. The van der Waals surface area contributed by atoms with Gasteiger partial charge in [0.05, 0.1) is 10.4 Å². The zero-order valence-corrected chi connectivity index (χ0v) is 11.1. The second-order valence-electron chi connectivity index (χ2n) is 4.48. The second-order valence-corrected chi connectivity index (χ2v) is 5.33. The molecular formula is C13H12BrFO3. The Kier molecular flexibility index (Phi) is 3.80. The summed E-state index contributed by atoms with van der Waals surface area (Å²) in [5.41, 5.74) is 0.362. The third-order valence-corrected chi connectivity index (χ3v) is 3.98. The fourth-order valence-electron chi connectivity index (χ4n) is 2.43. The van der Waals surface area contributed by atoms with Crippen LogP contribution in [0.1, 0.15) is 29.6 Å². The number of aliphatic carboxylic acids is 1. The van der Waals surface area contributed by atoms with Gasteiger partial charge in [0.25, 0.3) is 0 Å². The Labute approximate surface area is 112 Å². The highest BCUT2D eigenvalue weighted by Gasteiger charge is 2.38. The van der Waals surface area contributed by atoms with Crippen molar-refractivity contribution in [2.24, 2.45) is 11.8 Å². The van der Waals surface area contributed by atoms with E-state index in [2.05, 4.69) is 15.9 Å². The largest absolute Gasteiger partial charge is 0.481 e. The second kappa shape index (κ2) is 5.18. The van der Waals surface area contributed by atoms with Gasteiger partial charge < -0.3 is 5.11 Å². The maximum absolute atomic E-state index is 13.1. The van der Waals surface area contributed by atoms with E-state index in [0.29, 0.717) is 18.4 Å². The predicted octanol–water partition coefficient (Wildman–Crippen LogP) is 3.27. The summed E-state index contributed by atoms with van der Waals surface area (Å²) in [6, 6.07) is 4.02. The smallest absolute Gasteiger partial charge is 0.307 e. The Bertz CT molecular complexity index is 501. The van der Waals surface area contributed by atoms with E-state index in [4.69, 9.17) is 5.11 Å². The third kappa shape index (κ3) is 2.46. The van der Waals surface area contributed by atoms with Crippen LogP contribution < -0.4 is 0 Å². The van der Waals surface area contributed by atoms with Crippen molar-refractivity contribution in [1.82, 2.24) is 0 Å². The monoisotopic (exact) mass is 314 g/mol. The Morgan fingerprint density at radius 1 is 1.28 bits per heavy atom. The molecule has 1 aliphatic rings. The highest BCUT2D eigenvalue weighted by molar-refractivity contribution is 9.10. The SMILES string of the molecule is O=C(O)C1CCCC1C(=O)c1ccc(F)c(Br)c1. The first-order valence-electron chi connectivity index (χ1n) is 5.73. The normalized spacial score (nSPS) is 23.0. The van der Waals surface area contributed by atoms with Crippen molar-refractivity contribution in [2.45, 2.75) is 19.3 Å². The molecule has 0 saturated heterocycles. The van der Waals surface area contributed by atoms with Crippen LogP contribution in [0.4, 0.5) is 4.39 Å². The molecule has 0 heterocycles. The molecule has 3 nitrogen and oxygen atoms in total. The Morgan fingerprint density at radius 2 is 1.94 bits per heavy atom. The molecule has 2 unspecified atom stereocenters. The molecule has 1 aromatic rings. The molecule has 1 aromatic carbocycles. The van der Waals surface area contributed by atoms with Crippen LogP contribution in [0.3, 0.4) is 0 Å². The minimum absolute atomic E-state index is 0.208. The highest BCUT2D eigenvalue weighted by Crippen LogP contribution is 2.34. The van der Waals surface area contributed by atoms with Crippen LogP contribution in [0.25, 0.3) is 0 Å². The van der Waals surface area contributed by atoms with E-state index in [-0.39, 0.29) is 10.3 Å². The van der Waals surface area contributed by atoms with Gasteiger partial charge in [0, 0.05) is 11.5 Å². The summed E-state index contributed by atoms with van der Waals surface area (Å²) in [5, 5.41) is 9.06. The Balaban J connectivity index is 2.25. The predicted molar refractivity (Wildman–Crippen MR) is 66.9 cm³/mol. The van der Waals surface area contributed by atoms with Crippen LogP contribution in [0.2, 0.25) is 0 Å². The molecule has 1 fully saturated rings. The lowest BCUT2D eigenvalue weighted by Gasteiger charge is -2.14. The number of carbonyl (C=O) groups excluding carboxylic acids is 1. The van der Waals surface area contributed by atoms with Crippen LogP contribution >= 0.6 is 15.9 Å². The van der Waals surface area contributed by atoms with Gasteiger partial charge in [0.15, 0.2) is 5.78 Å². The number of hydrogen-bond donors (Lipinski definition) is 1. The average molecular weight is 315 g/mol. The molecule has 1 saturated carbocycles. The third-order valence-electron chi connectivity index (χ3n) is 3.37. The standard InChI is InChI=1S/C13H12BrFO3/c14-10-6-7(4-5-11(10)15)12(16)8-2-1-3-9(8)13(17)18/h4-6,8-9H,1-3H2,(H,17,18). The first kappa shape index (κ1) is 13.2. The number of ketones is 1. The maximum atomic E-state index is 13.1. The van der Waals surface area contributed by atoms with Gasteiger partial charge in [-0.05, 0) is 47.0 Å². The van der Waals surface area contributed by atoms with Crippen molar-refractivity contribution in [3.63, 3.8) is 0 Å². The number of carboxylic acid groups (broad SMARTS) is 1. The number of hydrogen-bond acceptors (Lipinski definition) is 2. The lowest BCUT2D eigenvalue weighted by Crippen LogP contribution is -2.25. The summed E-state index contributed by atoms with van der Waals surface area (Å²) in [7, 11) is 0. The summed E-state index contributed by atoms with van der Waals surface area (Å²) in [6.45, 7) is 0. The highest BCUT2D eigenvalue weighted by atomic mass is 79.9. The Hall–Kier alpha value is -1.23. The quantitative estimate of drug-likeness (QED) is 0.871. The number of Topliss-reactive ketones (excluding diaryl/α,β-unsaturated/α-hetero) is 1. The lowest BCUT2D eigenvalue weighted by atomic mass is 9.88. The van der Waals surface area contributed by atoms with Crippen molar-refractivity contribution in [1.29, 1.82) is 0 Å². The van der Waals surface area contributed by atoms with Crippen LogP contribution in [0.5, 0.6) is 0 Å².